The fourth-order valence-electron chi connectivity index (χ4n) is 4.17. The second-order valence-corrected chi connectivity index (χ2v) is 10.1. The predicted octanol–water partition coefficient (Wildman–Crippen LogP) is 1.09. The normalized spacial score (nSPS) is 41.2. The van der Waals surface area contributed by atoms with E-state index < -0.39 is 9.84 Å². The fraction of sp³-hybridized carbons (Fsp3) is 1.00. The van der Waals surface area contributed by atoms with E-state index in [4.69, 9.17) is 10.6 Å². The molecular weight excluding hydrogens is 308 g/mol. The van der Waals surface area contributed by atoms with Gasteiger partial charge in [0.1, 0.15) is 0 Å². The monoisotopic (exact) mass is 334 g/mol. The van der Waals surface area contributed by atoms with Gasteiger partial charge in [-0.2, -0.15) is 11.8 Å². The van der Waals surface area contributed by atoms with Crippen LogP contribution in [0.2, 0.25) is 0 Å². The van der Waals surface area contributed by atoms with Crippen molar-refractivity contribution in [1.82, 2.24) is 5.43 Å². The molecular formula is C14H26N2O3S2. The zero-order valence-electron chi connectivity index (χ0n) is 12.4. The standard InChI is InChI=1S/C14H26N2O3S2/c15-16-13(12-3-1-2-8-21(12,17)18)11-4-6-19-14(9-11)5-7-20-10-14/h11-13,16H,1-10,15H2. The zero-order valence-corrected chi connectivity index (χ0v) is 14.1. The van der Waals surface area contributed by atoms with E-state index in [2.05, 4.69) is 5.43 Å². The van der Waals surface area contributed by atoms with Crippen LogP contribution < -0.4 is 11.3 Å². The topological polar surface area (TPSA) is 81.4 Å². The highest BCUT2D eigenvalue weighted by molar-refractivity contribution is 7.99. The molecule has 0 aromatic heterocycles. The second-order valence-electron chi connectivity index (χ2n) is 6.68. The highest BCUT2D eigenvalue weighted by Crippen LogP contribution is 2.42. The van der Waals surface area contributed by atoms with E-state index in [1.54, 1.807) is 0 Å². The minimum Gasteiger partial charge on any atom is -0.374 e. The number of hydrogen-bond acceptors (Lipinski definition) is 6. The van der Waals surface area contributed by atoms with E-state index in [0.717, 1.165) is 56.6 Å². The fourth-order valence-corrected chi connectivity index (χ4v) is 7.73. The molecule has 4 unspecified atom stereocenters. The maximum atomic E-state index is 12.4. The summed E-state index contributed by atoms with van der Waals surface area (Å²) in [6, 6.07) is -0.123. The number of rotatable bonds is 3. The largest absolute Gasteiger partial charge is 0.374 e. The van der Waals surface area contributed by atoms with Crippen LogP contribution in [-0.2, 0) is 14.6 Å². The summed E-state index contributed by atoms with van der Waals surface area (Å²) in [5.41, 5.74) is 2.84. The third-order valence-electron chi connectivity index (χ3n) is 5.33. The van der Waals surface area contributed by atoms with E-state index in [1.807, 2.05) is 11.8 Å². The average molecular weight is 335 g/mol. The summed E-state index contributed by atoms with van der Waals surface area (Å²) in [6.45, 7) is 0.732. The van der Waals surface area contributed by atoms with Gasteiger partial charge >= 0.3 is 0 Å². The molecule has 0 aliphatic carbocycles. The number of thioether (sulfide) groups is 1. The molecule has 3 rings (SSSR count). The predicted molar refractivity (Wildman–Crippen MR) is 85.9 cm³/mol. The molecule has 0 bridgehead atoms. The Morgan fingerprint density at radius 3 is 2.86 bits per heavy atom. The summed E-state index contributed by atoms with van der Waals surface area (Å²) in [5, 5.41) is -0.314. The molecule has 1 spiro atoms. The lowest BCUT2D eigenvalue weighted by atomic mass is 9.79. The first-order valence-corrected chi connectivity index (χ1v) is 10.8. The molecule has 0 saturated carbocycles. The number of ether oxygens (including phenoxy) is 1. The van der Waals surface area contributed by atoms with E-state index in [0.29, 0.717) is 11.7 Å². The first-order valence-electron chi connectivity index (χ1n) is 7.96. The molecule has 0 aromatic rings. The highest BCUT2D eigenvalue weighted by atomic mass is 32.2. The van der Waals surface area contributed by atoms with Crippen molar-refractivity contribution >= 4 is 21.6 Å². The Morgan fingerprint density at radius 2 is 2.19 bits per heavy atom. The van der Waals surface area contributed by atoms with Crippen molar-refractivity contribution in [2.24, 2.45) is 11.8 Å². The van der Waals surface area contributed by atoms with E-state index in [1.165, 1.54) is 0 Å². The van der Waals surface area contributed by atoms with Crippen LogP contribution in [0.15, 0.2) is 0 Å². The van der Waals surface area contributed by atoms with Crippen molar-refractivity contribution in [2.75, 3.05) is 23.9 Å². The highest BCUT2D eigenvalue weighted by Gasteiger charge is 2.46. The molecule has 122 valence electrons. The average Bonchev–Trinajstić information content (AvgIpc) is 2.89. The SMILES string of the molecule is NNC(C1CCOC2(CCSC2)C1)C1CCCCS1(=O)=O. The van der Waals surface area contributed by atoms with Gasteiger partial charge < -0.3 is 4.74 Å². The van der Waals surface area contributed by atoms with Crippen LogP contribution in [-0.4, -0.2) is 49.2 Å². The summed E-state index contributed by atoms with van der Waals surface area (Å²) in [6.07, 6.45) is 5.48. The molecule has 0 radical (unpaired) electrons. The van der Waals surface area contributed by atoms with Gasteiger partial charge in [0.2, 0.25) is 0 Å². The van der Waals surface area contributed by atoms with Crippen molar-refractivity contribution in [3.63, 3.8) is 0 Å². The lowest BCUT2D eigenvalue weighted by Crippen LogP contribution is -2.56. The number of hydrazine groups is 1. The Labute approximate surface area is 131 Å². The molecule has 0 aromatic carbocycles. The lowest BCUT2D eigenvalue weighted by molar-refractivity contribution is -0.0854. The Morgan fingerprint density at radius 1 is 1.33 bits per heavy atom. The molecule has 3 aliphatic heterocycles. The summed E-state index contributed by atoms with van der Waals surface area (Å²) in [5.74, 6) is 8.60. The minimum atomic E-state index is -3.01. The van der Waals surface area contributed by atoms with Gasteiger partial charge in [0, 0.05) is 18.4 Å². The summed E-state index contributed by atoms with van der Waals surface area (Å²) < 4.78 is 30.9. The quantitative estimate of drug-likeness (QED) is 0.594. The van der Waals surface area contributed by atoms with Gasteiger partial charge in [-0.25, -0.2) is 8.42 Å². The van der Waals surface area contributed by atoms with Crippen molar-refractivity contribution in [3.8, 4) is 0 Å². The van der Waals surface area contributed by atoms with Gasteiger partial charge in [-0.3, -0.25) is 11.3 Å². The van der Waals surface area contributed by atoms with Gasteiger partial charge in [0.25, 0.3) is 0 Å². The first-order chi connectivity index (χ1) is 10.1. The lowest BCUT2D eigenvalue weighted by Gasteiger charge is -2.43. The van der Waals surface area contributed by atoms with Crippen LogP contribution in [0.5, 0.6) is 0 Å². The Bertz CT molecular complexity index is 463. The molecule has 3 fully saturated rings. The van der Waals surface area contributed by atoms with Gasteiger partial charge in [0.05, 0.1) is 16.6 Å². The zero-order chi connectivity index (χ0) is 14.9. The van der Waals surface area contributed by atoms with Gasteiger partial charge in [-0.05, 0) is 43.8 Å². The van der Waals surface area contributed by atoms with E-state index in [9.17, 15) is 8.42 Å². The van der Waals surface area contributed by atoms with Crippen molar-refractivity contribution in [3.05, 3.63) is 0 Å². The van der Waals surface area contributed by atoms with Crippen LogP contribution in [0.4, 0.5) is 0 Å². The number of sulfone groups is 1. The second kappa shape index (κ2) is 6.35. The molecule has 4 atom stereocenters. The van der Waals surface area contributed by atoms with Crippen molar-refractivity contribution < 1.29 is 13.2 Å². The summed E-state index contributed by atoms with van der Waals surface area (Å²) >= 11 is 1.94. The summed E-state index contributed by atoms with van der Waals surface area (Å²) in [4.78, 5) is 0. The maximum absolute atomic E-state index is 12.4. The summed E-state index contributed by atoms with van der Waals surface area (Å²) in [7, 11) is -3.01. The molecule has 3 heterocycles. The molecule has 3 aliphatic rings. The third kappa shape index (κ3) is 3.27. The van der Waals surface area contributed by atoms with Crippen LogP contribution >= 0.6 is 11.8 Å². The van der Waals surface area contributed by atoms with E-state index in [-0.39, 0.29) is 16.9 Å². The molecule has 0 amide bonds. The Balaban J connectivity index is 1.76. The van der Waals surface area contributed by atoms with E-state index >= 15 is 0 Å². The van der Waals surface area contributed by atoms with Crippen LogP contribution in [0.1, 0.15) is 38.5 Å². The van der Waals surface area contributed by atoms with Crippen LogP contribution in [0, 0.1) is 5.92 Å². The Hall–Kier alpha value is 0.180. The molecule has 3 saturated heterocycles. The Kier molecular flexibility index (Phi) is 4.86. The number of nitrogens with two attached hydrogens (primary N) is 1. The maximum Gasteiger partial charge on any atom is 0.154 e. The molecule has 3 N–H and O–H groups in total. The van der Waals surface area contributed by atoms with Gasteiger partial charge in [-0.1, -0.05) is 6.42 Å². The number of nitrogens with one attached hydrogen (secondary N) is 1. The molecule has 7 heteroatoms. The van der Waals surface area contributed by atoms with Crippen LogP contribution in [0.25, 0.3) is 0 Å². The van der Waals surface area contributed by atoms with Crippen molar-refractivity contribution in [1.29, 1.82) is 0 Å². The van der Waals surface area contributed by atoms with Crippen molar-refractivity contribution in [2.45, 2.75) is 55.4 Å². The van der Waals surface area contributed by atoms with Crippen LogP contribution in [0.3, 0.4) is 0 Å². The third-order valence-corrected chi connectivity index (χ3v) is 8.86. The van der Waals surface area contributed by atoms with Gasteiger partial charge in [-0.15, -0.1) is 0 Å². The molecule has 5 nitrogen and oxygen atoms in total. The van der Waals surface area contributed by atoms with Gasteiger partial charge in [0.15, 0.2) is 9.84 Å². The first kappa shape index (κ1) is 16.1. The smallest absolute Gasteiger partial charge is 0.154 e. The number of hydrogen-bond donors (Lipinski definition) is 2. The molecule has 21 heavy (non-hydrogen) atoms. The minimum absolute atomic E-state index is 0.0267.